The van der Waals surface area contributed by atoms with Crippen LogP contribution >= 0.6 is 0 Å². The first-order chi connectivity index (χ1) is 12.8. The van der Waals surface area contributed by atoms with Gasteiger partial charge in [0.05, 0.1) is 25.3 Å². The molecule has 1 N–H and O–H groups in total. The zero-order chi connectivity index (χ0) is 19.9. The maximum absolute atomic E-state index is 13.0. The molecule has 0 aromatic carbocycles. The van der Waals surface area contributed by atoms with Crippen LogP contribution in [-0.2, 0) is 14.3 Å². The van der Waals surface area contributed by atoms with Crippen LogP contribution in [0, 0.1) is 13.8 Å². The fourth-order valence-electron chi connectivity index (χ4n) is 3.73. The molecule has 9 heteroatoms. The van der Waals surface area contributed by atoms with Crippen molar-refractivity contribution in [2.24, 2.45) is 0 Å². The van der Waals surface area contributed by atoms with E-state index in [1.54, 1.807) is 37.6 Å². The number of rotatable bonds is 3. The smallest absolute Gasteiger partial charge is 0.340 e. The summed E-state index contributed by atoms with van der Waals surface area (Å²) in [7, 11) is 1.59. The number of H-pyrrole nitrogens is 1. The van der Waals surface area contributed by atoms with E-state index in [-0.39, 0.29) is 37.4 Å². The SMILES string of the molecule is CCOC(=O)c1c(C)[nH]c(C(=O)N2CCN3C(=O)CN(C)C(=O)[C@@H]3C2)c1C. The summed E-state index contributed by atoms with van der Waals surface area (Å²) in [6.45, 7) is 6.25. The predicted molar refractivity (Wildman–Crippen MR) is 95.3 cm³/mol. The highest BCUT2D eigenvalue weighted by atomic mass is 16.5. The van der Waals surface area contributed by atoms with Crippen molar-refractivity contribution in [2.75, 3.05) is 39.8 Å². The van der Waals surface area contributed by atoms with E-state index >= 15 is 0 Å². The third-order valence-electron chi connectivity index (χ3n) is 5.15. The van der Waals surface area contributed by atoms with Crippen molar-refractivity contribution in [3.8, 4) is 0 Å². The Morgan fingerprint density at radius 2 is 1.93 bits per heavy atom. The van der Waals surface area contributed by atoms with Crippen molar-refractivity contribution < 1.29 is 23.9 Å². The number of fused-ring (bicyclic) bond motifs is 1. The van der Waals surface area contributed by atoms with Gasteiger partial charge in [-0.3, -0.25) is 14.4 Å². The number of aryl methyl sites for hydroxylation is 1. The van der Waals surface area contributed by atoms with Crippen LogP contribution < -0.4 is 0 Å². The van der Waals surface area contributed by atoms with Gasteiger partial charge in [0.1, 0.15) is 11.7 Å². The topological polar surface area (TPSA) is 103 Å². The maximum atomic E-state index is 13.0. The number of carbonyl (C=O) groups excluding carboxylic acids is 4. The molecule has 0 saturated carbocycles. The zero-order valence-corrected chi connectivity index (χ0v) is 16.0. The van der Waals surface area contributed by atoms with Gasteiger partial charge in [-0.25, -0.2) is 4.79 Å². The van der Waals surface area contributed by atoms with Gasteiger partial charge in [-0.05, 0) is 26.3 Å². The molecule has 2 saturated heterocycles. The molecular formula is C18H24N4O5. The van der Waals surface area contributed by atoms with Crippen LogP contribution in [0.4, 0.5) is 0 Å². The molecule has 146 valence electrons. The van der Waals surface area contributed by atoms with Gasteiger partial charge in [0.2, 0.25) is 11.8 Å². The van der Waals surface area contributed by atoms with Crippen LogP contribution in [0.25, 0.3) is 0 Å². The minimum atomic E-state index is -0.658. The average Bonchev–Trinajstić information content (AvgIpc) is 2.93. The monoisotopic (exact) mass is 376 g/mol. The molecule has 3 rings (SSSR count). The van der Waals surface area contributed by atoms with Gasteiger partial charge in [0.15, 0.2) is 0 Å². The summed E-state index contributed by atoms with van der Waals surface area (Å²) in [5.41, 5.74) is 1.77. The number of hydrogen-bond donors (Lipinski definition) is 1. The molecule has 9 nitrogen and oxygen atoms in total. The lowest BCUT2D eigenvalue weighted by atomic mass is 10.1. The molecule has 1 aromatic rings. The number of ether oxygens (including phenoxy) is 1. The Kier molecular flexibility index (Phi) is 4.95. The Balaban J connectivity index is 1.83. The van der Waals surface area contributed by atoms with Crippen LogP contribution in [0.3, 0.4) is 0 Å². The number of amides is 3. The van der Waals surface area contributed by atoms with Gasteiger partial charge in [-0.2, -0.15) is 0 Å². The summed E-state index contributed by atoms with van der Waals surface area (Å²) >= 11 is 0. The van der Waals surface area contributed by atoms with Gasteiger partial charge in [0.25, 0.3) is 5.91 Å². The van der Waals surface area contributed by atoms with E-state index in [1.807, 2.05) is 0 Å². The van der Waals surface area contributed by atoms with Crippen LogP contribution in [0.5, 0.6) is 0 Å². The van der Waals surface area contributed by atoms with E-state index in [0.717, 1.165) is 0 Å². The second-order valence-electron chi connectivity index (χ2n) is 6.89. The average molecular weight is 376 g/mol. The van der Waals surface area contributed by atoms with Crippen molar-refractivity contribution in [1.29, 1.82) is 0 Å². The maximum Gasteiger partial charge on any atom is 0.340 e. The highest BCUT2D eigenvalue weighted by molar-refractivity contribution is 6.01. The summed E-state index contributed by atoms with van der Waals surface area (Å²) < 4.78 is 5.06. The van der Waals surface area contributed by atoms with Crippen LogP contribution in [0.1, 0.15) is 39.0 Å². The molecule has 0 aliphatic carbocycles. The Bertz CT molecular complexity index is 815. The van der Waals surface area contributed by atoms with Crippen LogP contribution in [0.15, 0.2) is 0 Å². The Morgan fingerprint density at radius 3 is 2.59 bits per heavy atom. The first-order valence-electron chi connectivity index (χ1n) is 8.96. The van der Waals surface area contributed by atoms with Gasteiger partial charge in [0, 0.05) is 25.8 Å². The van der Waals surface area contributed by atoms with Crippen molar-refractivity contribution in [1.82, 2.24) is 19.7 Å². The minimum absolute atomic E-state index is 0.0705. The van der Waals surface area contributed by atoms with Gasteiger partial charge in [-0.15, -0.1) is 0 Å². The zero-order valence-electron chi connectivity index (χ0n) is 16.0. The van der Waals surface area contributed by atoms with Crippen LogP contribution in [-0.4, -0.2) is 89.2 Å². The number of esters is 1. The lowest BCUT2D eigenvalue weighted by Gasteiger charge is -2.45. The summed E-state index contributed by atoms with van der Waals surface area (Å²) in [5.74, 6) is -1.04. The second-order valence-corrected chi connectivity index (χ2v) is 6.89. The van der Waals surface area contributed by atoms with E-state index in [1.165, 1.54) is 4.90 Å². The molecule has 3 amide bonds. The highest BCUT2D eigenvalue weighted by Crippen LogP contribution is 2.23. The van der Waals surface area contributed by atoms with Crippen molar-refractivity contribution in [3.63, 3.8) is 0 Å². The quantitative estimate of drug-likeness (QED) is 0.744. The molecule has 1 atom stereocenters. The fraction of sp³-hybridized carbons (Fsp3) is 0.556. The number of carbonyl (C=O) groups is 4. The number of nitrogens with zero attached hydrogens (tertiary/aromatic N) is 3. The summed E-state index contributed by atoms with van der Waals surface area (Å²) in [5, 5.41) is 0. The van der Waals surface area contributed by atoms with Gasteiger partial charge in [-0.1, -0.05) is 0 Å². The molecule has 2 aliphatic rings. The molecule has 2 fully saturated rings. The lowest BCUT2D eigenvalue weighted by Crippen LogP contribution is -2.66. The first-order valence-corrected chi connectivity index (χ1v) is 8.96. The fourth-order valence-corrected chi connectivity index (χ4v) is 3.73. The molecule has 2 aliphatic heterocycles. The molecule has 3 heterocycles. The number of aromatic amines is 1. The number of hydrogen-bond acceptors (Lipinski definition) is 5. The van der Waals surface area contributed by atoms with Crippen LogP contribution in [0.2, 0.25) is 0 Å². The molecule has 1 aromatic heterocycles. The lowest BCUT2D eigenvalue weighted by molar-refractivity contribution is -0.157. The van der Waals surface area contributed by atoms with E-state index in [9.17, 15) is 19.2 Å². The van der Waals surface area contributed by atoms with E-state index in [4.69, 9.17) is 4.74 Å². The summed E-state index contributed by atoms with van der Waals surface area (Å²) in [4.78, 5) is 57.2. The van der Waals surface area contributed by atoms with E-state index < -0.39 is 12.0 Å². The summed E-state index contributed by atoms with van der Waals surface area (Å²) in [6, 6.07) is -0.658. The van der Waals surface area contributed by atoms with Gasteiger partial charge >= 0.3 is 5.97 Å². The van der Waals surface area contributed by atoms with Crippen molar-refractivity contribution >= 4 is 23.7 Å². The number of piperazine rings is 2. The third-order valence-corrected chi connectivity index (χ3v) is 5.15. The Morgan fingerprint density at radius 1 is 1.22 bits per heavy atom. The minimum Gasteiger partial charge on any atom is -0.462 e. The first kappa shape index (κ1) is 18.9. The molecular weight excluding hydrogens is 352 g/mol. The van der Waals surface area contributed by atoms with Crippen molar-refractivity contribution in [2.45, 2.75) is 26.8 Å². The van der Waals surface area contributed by atoms with E-state index in [0.29, 0.717) is 35.6 Å². The molecule has 0 spiro atoms. The van der Waals surface area contributed by atoms with Crippen molar-refractivity contribution in [3.05, 3.63) is 22.5 Å². The Labute approximate surface area is 157 Å². The number of nitrogens with one attached hydrogen (secondary N) is 1. The molecule has 0 radical (unpaired) electrons. The number of likely N-dealkylation sites (N-methyl/N-ethyl adjacent to an activating group) is 1. The predicted octanol–water partition coefficient (Wildman–Crippen LogP) is -0.0668. The third kappa shape index (κ3) is 3.17. The second kappa shape index (κ2) is 7.05. The molecule has 27 heavy (non-hydrogen) atoms. The largest absolute Gasteiger partial charge is 0.462 e. The standard InChI is InChI=1S/C18H24N4O5/c1-5-27-18(26)14-10(2)15(19-11(14)3)17(25)21-6-7-22-12(8-21)16(24)20(4)9-13(22)23/h12,19H,5-9H2,1-4H3/t12-/m0/s1. The molecule has 0 bridgehead atoms. The Hall–Kier alpha value is -2.84. The van der Waals surface area contributed by atoms with Gasteiger partial charge < -0.3 is 24.4 Å². The molecule has 0 unspecified atom stereocenters. The highest BCUT2D eigenvalue weighted by Gasteiger charge is 2.42. The number of aromatic nitrogens is 1. The van der Waals surface area contributed by atoms with E-state index in [2.05, 4.69) is 4.98 Å². The normalized spacial score (nSPS) is 20.0. The summed E-state index contributed by atoms with van der Waals surface area (Å²) in [6.07, 6.45) is 0.